The fourth-order valence-electron chi connectivity index (χ4n) is 6.08. The molecule has 0 radical (unpaired) electrons. The van der Waals surface area contributed by atoms with E-state index in [4.69, 9.17) is 27.3 Å². The summed E-state index contributed by atoms with van der Waals surface area (Å²) in [6.45, 7) is 1.83. The van der Waals surface area contributed by atoms with Gasteiger partial charge < -0.3 is 10.6 Å². The van der Waals surface area contributed by atoms with Crippen molar-refractivity contribution in [2.24, 2.45) is 5.41 Å². The molecule has 1 fully saturated rings. The Morgan fingerprint density at radius 2 is 1.85 bits per heavy atom. The molecule has 0 atom stereocenters. The van der Waals surface area contributed by atoms with Crippen molar-refractivity contribution in [2.75, 3.05) is 34.7 Å². The van der Waals surface area contributed by atoms with Gasteiger partial charge in [0.15, 0.2) is 11.5 Å². The summed E-state index contributed by atoms with van der Waals surface area (Å²) >= 11 is 7.91. The first-order chi connectivity index (χ1) is 18.7. The highest BCUT2D eigenvalue weighted by molar-refractivity contribution is 7.99. The number of aromatic nitrogens is 4. The van der Waals surface area contributed by atoms with Gasteiger partial charge in [-0.3, -0.25) is 9.12 Å². The lowest BCUT2D eigenvalue weighted by Gasteiger charge is -2.39. The second-order valence-electron chi connectivity index (χ2n) is 10.6. The number of nitrogens with zero attached hydrogens (tertiary/aromatic N) is 5. The van der Waals surface area contributed by atoms with E-state index in [1.165, 1.54) is 29.1 Å². The Labute approximate surface area is 235 Å². The third-order valence-corrected chi connectivity index (χ3v) is 10.1. The number of nitrogen functional groups attached to an aromatic ring is 1. The number of fused-ring (bicyclic) bond motifs is 1. The van der Waals surface area contributed by atoms with Crippen LogP contribution in [0.4, 0.5) is 17.3 Å². The molecule has 9 nitrogen and oxygen atoms in total. The van der Waals surface area contributed by atoms with Crippen LogP contribution in [0.5, 0.6) is 0 Å². The number of nitrogens with two attached hydrogens (primary N) is 1. The lowest BCUT2D eigenvalue weighted by molar-refractivity contribution is 0.232. The monoisotopic (exact) mass is 579 g/mol. The fraction of sp³-hybridized carbons (Fsp3) is 0.296. The highest BCUT2D eigenvalue weighted by atomic mass is 35.5. The number of hydrogen-bond acceptors (Lipinski definition) is 8. The van der Waals surface area contributed by atoms with Crippen LogP contribution in [-0.4, -0.2) is 47.1 Å². The van der Waals surface area contributed by atoms with Gasteiger partial charge in [0.25, 0.3) is 0 Å². The van der Waals surface area contributed by atoms with Gasteiger partial charge in [0, 0.05) is 29.9 Å². The van der Waals surface area contributed by atoms with Crippen LogP contribution in [0.25, 0.3) is 16.8 Å². The molecule has 7 rings (SSSR count). The first-order valence-corrected chi connectivity index (χ1v) is 15.8. The van der Waals surface area contributed by atoms with Gasteiger partial charge in [-0.1, -0.05) is 29.4 Å². The average molecular weight is 580 g/mol. The predicted molar refractivity (Wildman–Crippen MR) is 156 cm³/mol. The number of benzene rings is 1. The van der Waals surface area contributed by atoms with E-state index in [0.717, 1.165) is 71.2 Å². The summed E-state index contributed by atoms with van der Waals surface area (Å²) in [5.74, 6) is 1.28. The van der Waals surface area contributed by atoms with E-state index in [1.807, 2.05) is 36.5 Å². The van der Waals surface area contributed by atoms with E-state index in [9.17, 15) is 8.42 Å². The second kappa shape index (κ2) is 8.87. The van der Waals surface area contributed by atoms with Crippen LogP contribution in [0.1, 0.15) is 24.0 Å². The SMILES string of the molecule is CS(=O)(=O)Nc1ccc2c(c1)CC1(CCN(c3nc4ccc(Sc5ccnc(N)c5Cl)c5ncc3n45)CC1)C2. The number of imidazole rings is 2. The molecule has 3 N–H and O–H groups in total. The van der Waals surface area contributed by atoms with E-state index in [0.29, 0.717) is 16.5 Å². The van der Waals surface area contributed by atoms with Crippen molar-refractivity contribution >= 4 is 67.5 Å². The maximum absolute atomic E-state index is 11.7. The average Bonchev–Trinajstić information content (AvgIpc) is 3.58. The van der Waals surface area contributed by atoms with Crippen molar-refractivity contribution in [3.8, 4) is 0 Å². The summed E-state index contributed by atoms with van der Waals surface area (Å²) < 4.78 is 28.1. The number of anilines is 3. The van der Waals surface area contributed by atoms with Gasteiger partial charge in [-0.15, -0.1) is 0 Å². The number of nitrogens with one attached hydrogen (secondary N) is 1. The molecule has 1 spiro atoms. The van der Waals surface area contributed by atoms with Gasteiger partial charge >= 0.3 is 0 Å². The Morgan fingerprint density at radius 1 is 1.05 bits per heavy atom. The lowest BCUT2D eigenvalue weighted by atomic mass is 9.76. The van der Waals surface area contributed by atoms with Crippen LogP contribution >= 0.6 is 23.4 Å². The van der Waals surface area contributed by atoms with Gasteiger partial charge in [0.1, 0.15) is 17.0 Å². The molecule has 1 aromatic carbocycles. The molecular formula is C27H26ClN7O2S2. The van der Waals surface area contributed by atoms with E-state index in [1.54, 1.807) is 6.20 Å². The van der Waals surface area contributed by atoms with Gasteiger partial charge in [-0.05, 0) is 72.6 Å². The normalized spacial score (nSPS) is 16.9. The van der Waals surface area contributed by atoms with Crippen LogP contribution in [0.2, 0.25) is 5.02 Å². The van der Waals surface area contributed by atoms with Crippen molar-refractivity contribution in [3.05, 3.63) is 64.9 Å². The molecular weight excluding hydrogens is 554 g/mol. The molecule has 0 amide bonds. The largest absolute Gasteiger partial charge is 0.382 e. The zero-order valence-electron chi connectivity index (χ0n) is 21.2. The summed E-state index contributed by atoms with van der Waals surface area (Å²) in [7, 11) is -3.29. The third kappa shape index (κ3) is 4.32. The zero-order valence-corrected chi connectivity index (χ0v) is 23.6. The molecule has 2 aliphatic rings. The Bertz CT molecular complexity index is 1850. The second-order valence-corrected chi connectivity index (χ2v) is 13.8. The number of hydrogen-bond donors (Lipinski definition) is 2. The molecule has 39 heavy (non-hydrogen) atoms. The Hall–Kier alpha value is -3.28. The number of sulfonamides is 1. The maximum atomic E-state index is 11.7. The molecule has 200 valence electrons. The van der Waals surface area contributed by atoms with E-state index < -0.39 is 10.0 Å². The molecule has 5 aromatic rings. The van der Waals surface area contributed by atoms with Crippen LogP contribution in [0, 0.1) is 5.41 Å². The van der Waals surface area contributed by atoms with E-state index >= 15 is 0 Å². The highest BCUT2D eigenvalue weighted by Crippen LogP contribution is 2.46. The van der Waals surface area contributed by atoms with Gasteiger partial charge in [0.2, 0.25) is 10.0 Å². The minimum absolute atomic E-state index is 0.205. The summed E-state index contributed by atoms with van der Waals surface area (Å²) in [5, 5.41) is 0.447. The van der Waals surface area contributed by atoms with Gasteiger partial charge in [0.05, 0.1) is 22.4 Å². The Balaban J connectivity index is 1.11. The van der Waals surface area contributed by atoms with Crippen molar-refractivity contribution in [3.63, 3.8) is 0 Å². The summed E-state index contributed by atoms with van der Waals surface area (Å²) in [6.07, 6.45) is 8.85. The fourth-order valence-corrected chi connectivity index (χ4v) is 7.79. The molecule has 0 bridgehead atoms. The van der Waals surface area contributed by atoms with E-state index in [-0.39, 0.29) is 5.41 Å². The molecule has 0 unspecified atom stereocenters. The van der Waals surface area contributed by atoms with Gasteiger partial charge in [-0.2, -0.15) is 0 Å². The first kappa shape index (κ1) is 24.7. The molecule has 1 aliphatic carbocycles. The van der Waals surface area contributed by atoms with Crippen molar-refractivity contribution in [1.29, 1.82) is 0 Å². The minimum Gasteiger partial charge on any atom is -0.382 e. The van der Waals surface area contributed by atoms with Crippen LogP contribution in [0.15, 0.2) is 58.6 Å². The third-order valence-electron chi connectivity index (χ3n) is 7.91. The quantitative estimate of drug-likeness (QED) is 0.303. The number of pyridine rings is 2. The number of piperidine rings is 1. The minimum atomic E-state index is -3.29. The number of halogens is 1. The molecule has 1 saturated heterocycles. The highest BCUT2D eigenvalue weighted by Gasteiger charge is 2.40. The molecule has 12 heteroatoms. The number of rotatable bonds is 5. The van der Waals surface area contributed by atoms with E-state index in [2.05, 4.69) is 25.1 Å². The smallest absolute Gasteiger partial charge is 0.229 e. The van der Waals surface area contributed by atoms with Crippen LogP contribution in [-0.2, 0) is 22.9 Å². The molecule has 4 aromatic heterocycles. The lowest BCUT2D eigenvalue weighted by Crippen LogP contribution is -2.40. The Morgan fingerprint density at radius 3 is 2.64 bits per heavy atom. The van der Waals surface area contributed by atoms with Crippen LogP contribution < -0.4 is 15.4 Å². The van der Waals surface area contributed by atoms with Crippen molar-refractivity contribution in [2.45, 2.75) is 35.5 Å². The molecule has 1 aliphatic heterocycles. The summed E-state index contributed by atoms with van der Waals surface area (Å²) in [6, 6.07) is 11.8. The summed E-state index contributed by atoms with van der Waals surface area (Å²) in [4.78, 5) is 18.0. The maximum Gasteiger partial charge on any atom is 0.229 e. The van der Waals surface area contributed by atoms with Crippen LogP contribution in [0.3, 0.4) is 0 Å². The van der Waals surface area contributed by atoms with Gasteiger partial charge in [-0.25, -0.2) is 23.4 Å². The van der Waals surface area contributed by atoms with Crippen molar-refractivity contribution in [1.82, 2.24) is 19.4 Å². The Kier molecular flexibility index (Phi) is 5.63. The molecule has 0 saturated carbocycles. The molecule has 5 heterocycles. The summed E-state index contributed by atoms with van der Waals surface area (Å²) in [5.41, 5.74) is 12.0. The predicted octanol–water partition coefficient (Wildman–Crippen LogP) is 4.86. The topological polar surface area (TPSA) is 119 Å². The first-order valence-electron chi connectivity index (χ1n) is 12.7. The zero-order chi connectivity index (χ0) is 26.9. The van der Waals surface area contributed by atoms with Crippen molar-refractivity contribution < 1.29 is 8.42 Å². The standard InChI is InChI=1S/C27H26ClN7O2S2/c1-39(36,37)33-18-3-2-16-13-27(14-17(16)12-18)7-10-34(11-8-27)25-19-15-31-26-21(4-5-22(32-25)35(19)26)38-20-6-9-30-24(29)23(20)28/h2-6,9,12,15,33H,7-8,10-11,13-14H2,1H3,(H2,29,30).